The summed E-state index contributed by atoms with van der Waals surface area (Å²) in [6, 6.07) is 4.09. The van der Waals surface area contributed by atoms with Crippen molar-refractivity contribution in [2.24, 2.45) is 0 Å². The van der Waals surface area contributed by atoms with Gasteiger partial charge in [0.15, 0.2) is 5.65 Å². The molecule has 0 saturated carbocycles. The number of aromatic nitrogens is 4. The maximum Gasteiger partial charge on any atom is 0.226 e. The zero-order chi connectivity index (χ0) is 14.8. The second kappa shape index (κ2) is 5.53. The maximum atomic E-state index is 13.3. The van der Waals surface area contributed by atoms with E-state index in [2.05, 4.69) is 30.8 Å². The van der Waals surface area contributed by atoms with Crippen molar-refractivity contribution in [2.75, 3.05) is 17.2 Å². The van der Waals surface area contributed by atoms with Crippen LogP contribution in [0.1, 0.15) is 6.92 Å². The van der Waals surface area contributed by atoms with Crippen LogP contribution in [-0.4, -0.2) is 26.7 Å². The van der Waals surface area contributed by atoms with Gasteiger partial charge in [0.2, 0.25) is 5.95 Å². The maximum absolute atomic E-state index is 13.3. The highest BCUT2D eigenvalue weighted by Crippen LogP contribution is 2.29. The molecule has 2 heterocycles. The highest BCUT2D eigenvalue weighted by Gasteiger charge is 2.11. The Balaban J connectivity index is 2.06. The summed E-state index contributed by atoms with van der Waals surface area (Å²) in [5.41, 5.74) is 1.01. The van der Waals surface area contributed by atoms with E-state index < -0.39 is 0 Å². The third-order valence-corrected chi connectivity index (χ3v) is 3.16. The third kappa shape index (κ3) is 2.73. The largest absolute Gasteiger partial charge is 0.354 e. The monoisotopic (exact) mass is 306 g/mol. The predicted octanol–water partition coefficient (Wildman–Crippen LogP) is 3.32. The topological polar surface area (TPSA) is 78.5 Å². The SMILES string of the molecule is CCNc1nc(Nc2cc(F)ccc2Cl)c2cn[nH]c2n1. The van der Waals surface area contributed by atoms with E-state index in [0.29, 0.717) is 40.1 Å². The van der Waals surface area contributed by atoms with Gasteiger partial charge in [0.25, 0.3) is 0 Å². The summed E-state index contributed by atoms with van der Waals surface area (Å²) in [5, 5.41) is 13.9. The summed E-state index contributed by atoms with van der Waals surface area (Å²) in [6.45, 7) is 2.62. The fourth-order valence-corrected chi connectivity index (χ4v) is 2.05. The van der Waals surface area contributed by atoms with Crippen molar-refractivity contribution in [3.63, 3.8) is 0 Å². The highest BCUT2D eigenvalue weighted by atomic mass is 35.5. The lowest BCUT2D eigenvalue weighted by Gasteiger charge is -2.10. The van der Waals surface area contributed by atoms with Crippen LogP contribution < -0.4 is 10.6 Å². The van der Waals surface area contributed by atoms with Gasteiger partial charge in [-0.3, -0.25) is 5.10 Å². The molecule has 0 aliphatic rings. The molecule has 8 heteroatoms. The zero-order valence-electron chi connectivity index (χ0n) is 11.1. The molecule has 108 valence electrons. The van der Waals surface area contributed by atoms with Gasteiger partial charge in [-0.1, -0.05) is 11.6 Å². The van der Waals surface area contributed by atoms with Gasteiger partial charge in [-0.25, -0.2) is 4.39 Å². The van der Waals surface area contributed by atoms with Gasteiger partial charge in [-0.2, -0.15) is 15.1 Å². The van der Waals surface area contributed by atoms with E-state index in [-0.39, 0.29) is 5.82 Å². The van der Waals surface area contributed by atoms with Gasteiger partial charge >= 0.3 is 0 Å². The number of anilines is 3. The van der Waals surface area contributed by atoms with E-state index in [1.165, 1.54) is 18.2 Å². The fourth-order valence-electron chi connectivity index (χ4n) is 1.89. The van der Waals surface area contributed by atoms with Crippen molar-refractivity contribution in [1.82, 2.24) is 20.2 Å². The lowest BCUT2D eigenvalue weighted by molar-refractivity contribution is 0.628. The zero-order valence-corrected chi connectivity index (χ0v) is 11.9. The molecule has 0 spiro atoms. The van der Waals surface area contributed by atoms with Gasteiger partial charge in [0, 0.05) is 6.54 Å². The molecule has 0 atom stereocenters. The smallest absolute Gasteiger partial charge is 0.226 e. The number of rotatable bonds is 4. The van der Waals surface area contributed by atoms with E-state index >= 15 is 0 Å². The predicted molar refractivity (Wildman–Crippen MR) is 80.5 cm³/mol. The molecule has 0 bridgehead atoms. The third-order valence-electron chi connectivity index (χ3n) is 2.83. The average molecular weight is 307 g/mol. The minimum atomic E-state index is -0.383. The molecule has 21 heavy (non-hydrogen) atoms. The first-order valence-corrected chi connectivity index (χ1v) is 6.72. The van der Waals surface area contributed by atoms with Crippen molar-refractivity contribution < 1.29 is 4.39 Å². The lowest BCUT2D eigenvalue weighted by atomic mass is 10.3. The number of nitrogens with one attached hydrogen (secondary N) is 3. The first kappa shape index (κ1) is 13.6. The standard InChI is InChI=1S/C13H12ClFN6/c1-2-16-13-19-11(8-6-17-21-12(8)20-13)18-10-5-7(15)3-4-9(10)14/h3-6H,2H2,1H3,(H3,16,17,18,19,20,21). The van der Waals surface area contributed by atoms with Crippen LogP contribution in [0.4, 0.5) is 21.8 Å². The normalized spacial score (nSPS) is 10.8. The molecule has 3 aromatic rings. The molecule has 6 nitrogen and oxygen atoms in total. The van der Waals surface area contributed by atoms with Crippen LogP contribution in [0.5, 0.6) is 0 Å². The highest BCUT2D eigenvalue weighted by molar-refractivity contribution is 6.33. The minimum absolute atomic E-state index is 0.383. The molecular weight excluding hydrogens is 295 g/mol. The van der Waals surface area contributed by atoms with Crippen LogP contribution in [0, 0.1) is 5.82 Å². The Bertz CT molecular complexity index is 787. The Kier molecular flexibility index (Phi) is 3.57. The number of hydrogen-bond donors (Lipinski definition) is 3. The molecule has 1 aromatic carbocycles. The summed E-state index contributed by atoms with van der Waals surface area (Å²) >= 11 is 6.06. The van der Waals surface area contributed by atoms with Gasteiger partial charge in [-0.05, 0) is 25.1 Å². The van der Waals surface area contributed by atoms with Crippen LogP contribution in [0.25, 0.3) is 11.0 Å². The summed E-state index contributed by atoms with van der Waals surface area (Å²) in [4.78, 5) is 8.63. The summed E-state index contributed by atoms with van der Waals surface area (Å²) < 4.78 is 13.3. The van der Waals surface area contributed by atoms with Crippen molar-refractivity contribution in [3.05, 3.63) is 35.2 Å². The second-order valence-electron chi connectivity index (χ2n) is 4.31. The molecule has 0 radical (unpaired) electrons. The van der Waals surface area contributed by atoms with Gasteiger partial charge in [0.05, 0.1) is 22.3 Å². The molecule has 3 N–H and O–H groups in total. The minimum Gasteiger partial charge on any atom is -0.354 e. The number of benzene rings is 1. The first-order chi connectivity index (χ1) is 10.2. The van der Waals surface area contributed by atoms with Crippen LogP contribution in [0.3, 0.4) is 0 Å². The second-order valence-corrected chi connectivity index (χ2v) is 4.71. The number of aromatic amines is 1. The van der Waals surface area contributed by atoms with E-state index in [4.69, 9.17) is 11.6 Å². The molecule has 3 rings (SSSR count). The van der Waals surface area contributed by atoms with E-state index in [9.17, 15) is 4.39 Å². The quantitative estimate of drug-likeness (QED) is 0.689. The van der Waals surface area contributed by atoms with Crippen LogP contribution in [0.15, 0.2) is 24.4 Å². The number of fused-ring (bicyclic) bond motifs is 1. The van der Waals surface area contributed by atoms with E-state index in [1.54, 1.807) is 6.20 Å². The van der Waals surface area contributed by atoms with Gasteiger partial charge in [-0.15, -0.1) is 0 Å². The number of nitrogens with zero attached hydrogens (tertiary/aromatic N) is 3. The molecular formula is C13H12ClFN6. The Morgan fingerprint density at radius 1 is 1.33 bits per heavy atom. The molecule has 0 fully saturated rings. The van der Waals surface area contributed by atoms with Crippen molar-refractivity contribution in [1.29, 1.82) is 0 Å². The van der Waals surface area contributed by atoms with Gasteiger partial charge < -0.3 is 10.6 Å². The number of hydrogen-bond acceptors (Lipinski definition) is 5. The number of H-pyrrole nitrogens is 1. The average Bonchev–Trinajstić information content (AvgIpc) is 2.92. The molecule has 0 aliphatic carbocycles. The Morgan fingerprint density at radius 2 is 2.19 bits per heavy atom. The first-order valence-electron chi connectivity index (χ1n) is 6.34. The van der Waals surface area contributed by atoms with Crippen LogP contribution in [0.2, 0.25) is 5.02 Å². The Labute approximate surface area is 124 Å². The summed E-state index contributed by atoms with van der Waals surface area (Å²) in [6.07, 6.45) is 1.60. The summed E-state index contributed by atoms with van der Waals surface area (Å²) in [5.74, 6) is 0.563. The van der Waals surface area contributed by atoms with E-state index in [0.717, 1.165) is 0 Å². The lowest BCUT2D eigenvalue weighted by Crippen LogP contribution is -2.05. The van der Waals surface area contributed by atoms with Crippen LogP contribution in [-0.2, 0) is 0 Å². The van der Waals surface area contributed by atoms with Crippen LogP contribution >= 0.6 is 11.6 Å². The van der Waals surface area contributed by atoms with Gasteiger partial charge in [0.1, 0.15) is 11.6 Å². The number of halogens is 2. The summed E-state index contributed by atoms with van der Waals surface area (Å²) in [7, 11) is 0. The molecule has 0 aliphatic heterocycles. The van der Waals surface area contributed by atoms with Crippen molar-refractivity contribution >= 4 is 40.1 Å². The van der Waals surface area contributed by atoms with Crippen molar-refractivity contribution in [3.8, 4) is 0 Å². The molecule has 2 aromatic heterocycles. The fraction of sp³-hybridized carbons (Fsp3) is 0.154. The molecule has 0 saturated heterocycles. The van der Waals surface area contributed by atoms with E-state index in [1.807, 2.05) is 6.92 Å². The Hall–Kier alpha value is -2.41. The molecule has 0 amide bonds. The molecule has 0 unspecified atom stereocenters. The van der Waals surface area contributed by atoms with Crippen molar-refractivity contribution in [2.45, 2.75) is 6.92 Å². The Morgan fingerprint density at radius 3 is 3.00 bits per heavy atom.